The largest absolute Gasteiger partial charge is 0.493 e. The minimum Gasteiger partial charge on any atom is -0.493 e. The normalized spacial score (nSPS) is 18.3. The molecule has 1 fully saturated rings. The van der Waals surface area contributed by atoms with Crippen LogP contribution >= 0.6 is 0 Å². The molecule has 0 unspecified atom stereocenters. The third kappa shape index (κ3) is 4.96. The van der Waals surface area contributed by atoms with Crippen molar-refractivity contribution in [2.75, 3.05) is 42.5 Å². The van der Waals surface area contributed by atoms with Crippen LogP contribution in [-0.2, 0) is 20.9 Å². The fourth-order valence-corrected chi connectivity index (χ4v) is 5.46. The van der Waals surface area contributed by atoms with Crippen LogP contribution in [0.25, 0.3) is 0 Å². The van der Waals surface area contributed by atoms with E-state index < -0.39 is 21.8 Å². The summed E-state index contributed by atoms with van der Waals surface area (Å²) in [5.74, 6) is 0.0425. The van der Waals surface area contributed by atoms with E-state index in [1.54, 1.807) is 12.1 Å². The second kappa shape index (κ2) is 9.58. The lowest BCUT2D eigenvalue weighted by atomic mass is 9.85. The summed E-state index contributed by atoms with van der Waals surface area (Å²) in [6.45, 7) is 2.11. The molecule has 12 heteroatoms. The van der Waals surface area contributed by atoms with Crippen LogP contribution in [-0.4, -0.2) is 51.3 Å². The van der Waals surface area contributed by atoms with Gasteiger partial charge in [-0.2, -0.15) is 13.2 Å². The van der Waals surface area contributed by atoms with Gasteiger partial charge in [-0.15, -0.1) is 0 Å². The van der Waals surface area contributed by atoms with Crippen LogP contribution in [0.5, 0.6) is 5.75 Å². The Morgan fingerprint density at radius 3 is 2.42 bits per heavy atom. The SMILES string of the molecule is O=S(=O)(Nc1ncccn1)c1ccc2c(c1)OCC[C@@H]2c1ccc(C(F)(F)F)cc1N1CCOCC1. The smallest absolute Gasteiger partial charge is 0.416 e. The van der Waals surface area contributed by atoms with Crippen LogP contribution in [0.1, 0.15) is 29.0 Å². The average molecular weight is 521 g/mol. The summed E-state index contributed by atoms with van der Waals surface area (Å²) in [6.07, 6.45) is -1.09. The number of benzene rings is 2. The number of ether oxygens (including phenoxy) is 2. The summed E-state index contributed by atoms with van der Waals surface area (Å²) < 4.78 is 79.8. The molecule has 190 valence electrons. The van der Waals surface area contributed by atoms with Crippen molar-refractivity contribution in [1.29, 1.82) is 0 Å². The number of nitrogens with zero attached hydrogens (tertiary/aromatic N) is 3. The van der Waals surface area contributed by atoms with E-state index in [0.29, 0.717) is 56.3 Å². The Balaban J connectivity index is 1.51. The highest BCUT2D eigenvalue weighted by Gasteiger charge is 2.34. The van der Waals surface area contributed by atoms with Crippen LogP contribution < -0.4 is 14.4 Å². The van der Waals surface area contributed by atoms with Gasteiger partial charge < -0.3 is 14.4 Å². The van der Waals surface area contributed by atoms with Crippen LogP contribution in [0.15, 0.2) is 59.8 Å². The van der Waals surface area contributed by atoms with Gasteiger partial charge in [-0.25, -0.2) is 23.1 Å². The molecule has 8 nitrogen and oxygen atoms in total. The van der Waals surface area contributed by atoms with E-state index in [9.17, 15) is 21.6 Å². The molecule has 2 aromatic carbocycles. The molecular weight excluding hydrogens is 497 g/mol. The predicted octanol–water partition coefficient (Wildman–Crippen LogP) is 4.05. The molecule has 5 rings (SSSR count). The molecule has 0 aliphatic carbocycles. The Bertz CT molecular complexity index is 1350. The minimum atomic E-state index is -4.47. The van der Waals surface area contributed by atoms with Gasteiger partial charge in [0.25, 0.3) is 10.0 Å². The van der Waals surface area contributed by atoms with Crippen LogP contribution in [0.2, 0.25) is 0 Å². The average Bonchev–Trinajstić information content (AvgIpc) is 2.88. The molecule has 36 heavy (non-hydrogen) atoms. The number of halogens is 3. The summed E-state index contributed by atoms with van der Waals surface area (Å²) in [6, 6.07) is 9.90. The van der Waals surface area contributed by atoms with Crippen LogP contribution in [0.3, 0.4) is 0 Å². The van der Waals surface area contributed by atoms with Crippen molar-refractivity contribution in [2.24, 2.45) is 0 Å². The van der Waals surface area contributed by atoms with Gasteiger partial charge in [-0.1, -0.05) is 12.1 Å². The molecule has 3 heterocycles. The molecule has 1 aromatic heterocycles. The number of alkyl halides is 3. The molecule has 0 saturated carbocycles. The van der Waals surface area contributed by atoms with Gasteiger partial charge in [0.2, 0.25) is 5.95 Å². The van der Waals surface area contributed by atoms with Gasteiger partial charge in [0.05, 0.1) is 30.3 Å². The Hall–Kier alpha value is -3.38. The molecular formula is C24H23F3N4O4S. The second-order valence-corrected chi connectivity index (χ2v) is 10.1. The quantitative estimate of drug-likeness (QED) is 0.543. The fraction of sp³-hybridized carbons (Fsp3) is 0.333. The third-order valence-corrected chi connectivity index (χ3v) is 7.54. The van der Waals surface area contributed by atoms with E-state index in [1.165, 1.54) is 36.7 Å². The van der Waals surface area contributed by atoms with E-state index in [-0.39, 0.29) is 16.8 Å². The lowest BCUT2D eigenvalue weighted by Gasteiger charge is -2.34. The van der Waals surface area contributed by atoms with E-state index in [0.717, 1.165) is 11.6 Å². The monoisotopic (exact) mass is 520 g/mol. The molecule has 0 radical (unpaired) electrons. The van der Waals surface area contributed by atoms with Crippen molar-refractivity contribution in [3.63, 3.8) is 0 Å². The Morgan fingerprint density at radius 1 is 0.972 bits per heavy atom. The van der Waals surface area contributed by atoms with E-state index >= 15 is 0 Å². The molecule has 0 bridgehead atoms. The molecule has 0 amide bonds. The number of morpholine rings is 1. The molecule has 0 spiro atoms. The lowest BCUT2D eigenvalue weighted by molar-refractivity contribution is -0.137. The number of hydrogen-bond donors (Lipinski definition) is 1. The second-order valence-electron chi connectivity index (χ2n) is 8.44. The number of hydrogen-bond acceptors (Lipinski definition) is 7. The van der Waals surface area contributed by atoms with Gasteiger partial charge in [-0.05, 0) is 36.2 Å². The number of fused-ring (bicyclic) bond motifs is 1. The Kier molecular flexibility index (Phi) is 6.47. The van der Waals surface area contributed by atoms with Crippen molar-refractivity contribution in [1.82, 2.24) is 9.97 Å². The summed E-state index contributed by atoms with van der Waals surface area (Å²) in [5.41, 5.74) is 1.24. The molecule has 2 aliphatic rings. The molecule has 1 N–H and O–H groups in total. The Morgan fingerprint density at radius 2 is 1.69 bits per heavy atom. The molecule has 1 atom stereocenters. The van der Waals surface area contributed by atoms with Gasteiger partial charge in [0.15, 0.2) is 0 Å². The van der Waals surface area contributed by atoms with Crippen molar-refractivity contribution in [3.05, 3.63) is 71.5 Å². The maximum Gasteiger partial charge on any atom is 0.416 e. The minimum absolute atomic E-state index is 0.0322. The molecule has 2 aliphatic heterocycles. The first kappa shape index (κ1) is 24.3. The number of sulfonamides is 1. The maximum atomic E-state index is 13.5. The van der Waals surface area contributed by atoms with E-state index in [4.69, 9.17) is 9.47 Å². The first-order chi connectivity index (χ1) is 17.2. The highest BCUT2D eigenvalue weighted by molar-refractivity contribution is 7.92. The Labute approximate surface area is 206 Å². The van der Waals surface area contributed by atoms with Crippen LogP contribution in [0.4, 0.5) is 24.8 Å². The number of anilines is 2. The zero-order valence-corrected chi connectivity index (χ0v) is 19.8. The lowest BCUT2D eigenvalue weighted by Crippen LogP contribution is -2.37. The topological polar surface area (TPSA) is 93.7 Å². The van der Waals surface area contributed by atoms with E-state index in [1.807, 2.05) is 4.90 Å². The first-order valence-electron chi connectivity index (χ1n) is 11.3. The van der Waals surface area contributed by atoms with Crippen molar-refractivity contribution >= 4 is 21.7 Å². The highest BCUT2D eigenvalue weighted by atomic mass is 32.2. The fourth-order valence-electron chi connectivity index (χ4n) is 4.48. The summed E-state index contributed by atoms with van der Waals surface area (Å²) >= 11 is 0. The van der Waals surface area contributed by atoms with E-state index in [2.05, 4.69) is 14.7 Å². The molecule has 1 saturated heterocycles. The van der Waals surface area contributed by atoms with Gasteiger partial charge >= 0.3 is 6.18 Å². The van der Waals surface area contributed by atoms with Gasteiger partial charge in [0, 0.05) is 48.7 Å². The predicted molar refractivity (Wildman–Crippen MR) is 126 cm³/mol. The van der Waals surface area contributed by atoms with Crippen molar-refractivity contribution < 1.29 is 31.1 Å². The summed E-state index contributed by atoms with van der Waals surface area (Å²) in [5, 5.41) is 0. The first-order valence-corrected chi connectivity index (χ1v) is 12.8. The van der Waals surface area contributed by atoms with Crippen molar-refractivity contribution in [3.8, 4) is 5.75 Å². The number of nitrogens with one attached hydrogen (secondary N) is 1. The zero-order chi connectivity index (χ0) is 25.3. The van der Waals surface area contributed by atoms with Crippen molar-refractivity contribution in [2.45, 2.75) is 23.4 Å². The third-order valence-electron chi connectivity index (χ3n) is 6.21. The number of rotatable bonds is 5. The summed E-state index contributed by atoms with van der Waals surface area (Å²) in [7, 11) is -3.98. The standard InChI is InChI=1S/C24H23F3N4O4S/c25-24(26,27)16-2-4-19(21(14-16)31-9-12-34-13-10-31)18-6-11-35-22-15-17(3-5-20(18)22)36(32,33)30-23-28-7-1-8-29-23/h1-5,7-8,14-15,18H,6,9-13H2,(H,28,29,30)/t18-/m1/s1. The molecule has 3 aromatic rings. The maximum absolute atomic E-state index is 13.5. The summed E-state index contributed by atoms with van der Waals surface area (Å²) in [4.78, 5) is 9.64. The number of aromatic nitrogens is 2. The van der Waals surface area contributed by atoms with Gasteiger partial charge in [-0.3, -0.25) is 0 Å². The zero-order valence-electron chi connectivity index (χ0n) is 19.0. The highest BCUT2D eigenvalue weighted by Crippen LogP contribution is 2.44. The van der Waals surface area contributed by atoms with Crippen LogP contribution in [0, 0.1) is 0 Å². The van der Waals surface area contributed by atoms with Gasteiger partial charge in [0.1, 0.15) is 5.75 Å².